The third-order valence-electron chi connectivity index (χ3n) is 8.16. The number of halogens is 1. The van der Waals surface area contributed by atoms with Crippen LogP contribution in [0.15, 0.2) is 45.7 Å². The van der Waals surface area contributed by atoms with E-state index in [0.717, 1.165) is 36.4 Å². The lowest BCUT2D eigenvalue weighted by Gasteiger charge is -2.12. The van der Waals surface area contributed by atoms with Gasteiger partial charge in [0.25, 0.3) is 5.52 Å². The van der Waals surface area contributed by atoms with E-state index in [1.165, 1.54) is 109 Å². The van der Waals surface area contributed by atoms with Crippen LogP contribution in [0.2, 0.25) is 5.02 Å². The molecule has 0 unspecified atom stereocenters. The summed E-state index contributed by atoms with van der Waals surface area (Å²) in [6.07, 6.45) is 24.2. The van der Waals surface area contributed by atoms with Crippen molar-refractivity contribution in [3.8, 4) is 11.1 Å². The largest absolute Gasteiger partial charge is 0.744 e. The van der Waals surface area contributed by atoms with Crippen LogP contribution in [-0.2, 0) is 16.7 Å². The third-order valence-corrected chi connectivity index (χ3v) is 9.56. The number of benzene rings is 2. The Labute approximate surface area is 253 Å². The molecule has 0 spiro atoms. The summed E-state index contributed by atoms with van der Waals surface area (Å²) in [5, 5.41) is -0.0476. The molecule has 0 aliphatic carbocycles. The predicted octanol–water partition coefficient (Wildman–Crippen LogP) is 10.3. The molecular weight excluding hydrogens is 554 g/mol. The van der Waals surface area contributed by atoms with E-state index in [1.807, 2.05) is 25.1 Å². The van der Waals surface area contributed by atoms with Gasteiger partial charge in [0.1, 0.15) is 10.1 Å². The van der Waals surface area contributed by atoms with Gasteiger partial charge in [0.15, 0.2) is 6.54 Å². The fourth-order valence-corrected chi connectivity index (χ4v) is 6.91. The molecule has 2 aromatic carbocycles. The number of unbranched alkanes of at least 4 members (excludes halogenated alkanes) is 17. The Morgan fingerprint density at radius 1 is 0.707 bits per heavy atom. The quantitative estimate of drug-likeness (QED) is 0.0689. The van der Waals surface area contributed by atoms with Crippen molar-refractivity contribution in [1.82, 2.24) is 0 Å². The highest BCUT2D eigenvalue weighted by Gasteiger charge is 2.25. The molecule has 0 fully saturated rings. The van der Waals surface area contributed by atoms with Crippen LogP contribution in [0, 0.1) is 6.92 Å². The van der Waals surface area contributed by atoms with Crippen LogP contribution in [0.4, 0.5) is 0 Å². The molecule has 1 aromatic heterocycles. The standard InChI is InChI=1S/C34H50ClNO4S/c1-3-4-5-6-7-8-9-10-11-12-13-14-15-16-17-18-19-20-27-36-28(2)40-31-25-21-24-30(34(31)36)29-23-22-26-32(33(29)35)41(37,38)39/h21-26H,3-20,27H2,1-2H3. The molecule has 0 atom stereocenters. The van der Waals surface area contributed by atoms with Crippen molar-refractivity contribution in [1.29, 1.82) is 0 Å². The van der Waals surface area contributed by atoms with Crippen LogP contribution in [0.1, 0.15) is 128 Å². The summed E-state index contributed by atoms with van der Waals surface area (Å²) in [7, 11) is -4.67. The second-order valence-electron chi connectivity index (χ2n) is 11.5. The number of oxazole rings is 1. The average molecular weight is 604 g/mol. The normalized spacial score (nSPS) is 12.0. The van der Waals surface area contributed by atoms with Gasteiger partial charge in [-0.25, -0.2) is 8.42 Å². The Kier molecular flexibility index (Phi) is 14.7. The van der Waals surface area contributed by atoms with E-state index in [9.17, 15) is 13.0 Å². The Morgan fingerprint density at radius 2 is 1.17 bits per heavy atom. The minimum Gasteiger partial charge on any atom is -0.744 e. The Morgan fingerprint density at radius 3 is 1.68 bits per heavy atom. The van der Waals surface area contributed by atoms with Crippen LogP contribution >= 0.6 is 11.6 Å². The summed E-state index contributed by atoms with van der Waals surface area (Å²) in [6.45, 7) is 5.03. The van der Waals surface area contributed by atoms with E-state index in [-0.39, 0.29) is 5.02 Å². The molecule has 5 nitrogen and oxygen atoms in total. The first-order chi connectivity index (χ1) is 19.8. The fraction of sp³-hybridized carbons (Fsp3) is 0.618. The first-order valence-electron chi connectivity index (χ1n) is 16.0. The number of aryl methyl sites for hydroxylation is 2. The smallest absolute Gasteiger partial charge is 0.344 e. The van der Waals surface area contributed by atoms with Crippen LogP contribution in [0.5, 0.6) is 0 Å². The van der Waals surface area contributed by atoms with Crippen molar-refractivity contribution in [3.05, 3.63) is 47.3 Å². The van der Waals surface area contributed by atoms with E-state index in [1.54, 1.807) is 12.1 Å². The van der Waals surface area contributed by atoms with E-state index in [4.69, 9.17) is 16.0 Å². The van der Waals surface area contributed by atoms with E-state index < -0.39 is 15.0 Å². The molecule has 0 radical (unpaired) electrons. The number of nitrogens with zero attached hydrogens (tertiary/aromatic N) is 1. The van der Waals surface area contributed by atoms with Crippen LogP contribution in [-0.4, -0.2) is 13.0 Å². The van der Waals surface area contributed by atoms with Crippen molar-refractivity contribution in [2.45, 2.75) is 141 Å². The first-order valence-corrected chi connectivity index (χ1v) is 17.8. The molecule has 7 heteroatoms. The number of hydrogen-bond donors (Lipinski definition) is 0. The number of fused-ring (bicyclic) bond motifs is 1. The van der Waals surface area contributed by atoms with E-state index in [2.05, 4.69) is 11.5 Å². The molecule has 0 aliphatic rings. The molecule has 1 heterocycles. The second kappa shape index (κ2) is 17.9. The van der Waals surface area contributed by atoms with Gasteiger partial charge in [-0.1, -0.05) is 139 Å². The molecule has 0 saturated carbocycles. The Balaban J connectivity index is 1.36. The fourth-order valence-electron chi connectivity index (χ4n) is 5.82. The lowest BCUT2D eigenvalue weighted by atomic mass is 10.0. The van der Waals surface area contributed by atoms with E-state index in [0.29, 0.717) is 11.1 Å². The molecule has 0 saturated heterocycles. The molecule has 3 rings (SSSR count). The second-order valence-corrected chi connectivity index (χ2v) is 13.2. The molecule has 3 aromatic rings. The van der Waals surface area contributed by atoms with Crippen molar-refractivity contribution < 1.29 is 22.0 Å². The number of para-hydroxylation sites is 1. The van der Waals surface area contributed by atoms with Crippen molar-refractivity contribution >= 4 is 32.8 Å². The van der Waals surface area contributed by atoms with E-state index >= 15 is 0 Å². The number of rotatable bonds is 21. The maximum Gasteiger partial charge on any atom is 0.344 e. The summed E-state index contributed by atoms with van der Waals surface area (Å²) in [6, 6.07) is 10.2. The van der Waals surface area contributed by atoms with Gasteiger partial charge in [0, 0.05) is 12.0 Å². The zero-order chi connectivity index (χ0) is 29.5. The van der Waals surface area contributed by atoms with Gasteiger partial charge >= 0.3 is 5.89 Å². The van der Waals surface area contributed by atoms with Crippen molar-refractivity contribution in [2.75, 3.05) is 0 Å². The van der Waals surface area contributed by atoms with Crippen LogP contribution in [0.3, 0.4) is 0 Å². The lowest BCUT2D eigenvalue weighted by molar-refractivity contribution is -0.682. The molecule has 41 heavy (non-hydrogen) atoms. The van der Waals surface area contributed by atoms with Gasteiger partial charge in [-0.3, -0.25) is 0 Å². The molecule has 0 aliphatic heterocycles. The Bertz CT molecular complexity index is 1300. The maximum absolute atomic E-state index is 11.7. The van der Waals surface area contributed by atoms with Gasteiger partial charge in [-0.15, -0.1) is 0 Å². The first kappa shape index (κ1) is 33.6. The highest BCUT2D eigenvalue weighted by Crippen LogP contribution is 2.36. The molecule has 0 bridgehead atoms. The van der Waals surface area contributed by atoms with Crippen molar-refractivity contribution in [2.24, 2.45) is 0 Å². The van der Waals surface area contributed by atoms with Crippen molar-refractivity contribution in [3.63, 3.8) is 0 Å². The summed E-state index contributed by atoms with van der Waals surface area (Å²) in [5.41, 5.74) is 2.87. The molecule has 0 N–H and O–H groups in total. The lowest BCUT2D eigenvalue weighted by Crippen LogP contribution is -2.35. The number of hydrogen-bond acceptors (Lipinski definition) is 4. The highest BCUT2D eigenvalue weighted by molar-refractivity contribution is 7.85. The zero-order valence-corrected chi connectivity index (χ0v) is 26.8. The summed E-state index contributed by atoms with van der Waals surface area (Å²) in [5.74, 6) is 0.795. The van der Waals surface area contributed by atoms with Gasteiger partial charge in [0.05, 0.1) is 22.4 Å². The molecule has 0 amide bonds. The Hall–Kier alpha value is -1.89. The summed E-state index contributed by atoms with van der Waals surface area (Å²) < 4.78 is 43.3. The van der Waals surface area contributed by atoms with Crippen LogP contribution in [0.25, 0.3) is 22.2 Å². The minimum atomic E-state index is -4.67. The highest BCUT2D eigenvalue weighted by atomic mass is 35.5. The predicted molar refractivity (Wildman–Crippen MR) is 168 cm³/mol. The van der Waals surface area contributed by atoms with Gasteiger partial charge in [0.2, 0.25) is 5.58 Å². The van der Waals surface area contributed by atoms with Crippen LogP contribution < -0.4 is 4.57 Å². The topological polar surface area (TPSA) is 74.2 Å². The number of aromatic nitrogens is 1. The summed E-state index contributed by atoms with van der Waals surface area (Å²) >= 11 is 6.43. The molecule has 228 valence electrons. The monoisotopic (exact) mass is 603 g/mol. The van der Waals surface area contributed by atoms with Gasteiger partial charge in [-0.2, -0.15) is 4.57 Å². The average Bonchev–Trinajstić information content (AvgIpc) is 3.27. The van der Waals surface area contributed by atoms with Gasteiger partial charge < -0.3 is 8.97 Å². The SMILES string of the molecule is CCCCCCCCCCCCCCCCCCCC[n+]1c(C)oc2cccc(-c3cccc(S(=O)(=O)[O-])c3Cl)c21. The summed E-state index contributed by atoms with van der Waals surface area (Å²) in [4.78, 5) is -0.399. The zero-order valence-electron chi connectivity index (χ0n) is 25.3. The minimum absolute atomic E-state index is 0.0476. The molecular formula is C34H50ClNO4S. The third kappa shape index (κ3) is 10.7. The van der Waals surface area contributed by atoms with Gasteiger partial charge in [-0.05, 0) is 24.6 Å². The maximum atomic E-state index is 11.7.